The summed E-state index contributed by atoms with van der Waals surface area (Å²) >= 11 is 0. The molecule has 3 saturated heterocycles. The Labute approximate surface area is 370 Å². The minimum Gasteiger partial charge on any atom is -0.496 e. The van der Waals surface area contributed by atoms with Crippen molar-refractivity contribution in [1.82, 2.24) is 29.7 Å². The fourth-order valence-electron chi connectivity index (χ4n) is 9.84. The summed E-state index contributed by atoms with van der Waals surface area (Å²) in [6.45, 7) is 6.00. The van der Waals surface area contributed by atoms with Crippen LogP contribution in [0, 0.1) is 29.6 Å². The van der Waals surface area contributed by atoms with E-state index in [-0.39, 0.29) is 60.3 Å². The molecule has 4 amide bonds. The number of alkyl halides is 1. The van der Waals surface area contributed by atoms with Crippen LogP contribution in [0.25, 0.3) is 21.8 Å². The third-order valence-electron chi connectivity index (χ3n) is 13.3. The van der Waals surface area contributed by atoms with Crippen molar-refractivity contribution in [2.24, 2.45) is 30.5 Å². The van der Waals surface area contributed by atoms with Crippen LogP contribution in [0.4, 0.5) is 4.39 Å². The number of imide groups is 1. The van der Waals surface area contributed by atoms with Gasteiger partial charge in [-0.3, -0.25) is 38.5 Å². The largest absolute Gasteiger partial charge is 0.496 e. The number of morpholine rings is 1. The number of aryl methyl sites for hydroxylation is 1. The molecule has 4 N–H and O–H groups in total. The first kappa shape index (κ1) is 44.8. The number of ether oxygens (including phenoxy) is 4. The standard InChI is InChI=1S/C47H56FN7O9/c1-4-32-36(51-45(59)41(32)48)26-64-46-34-21-39(61-3)35(43(49)57)20-33(34)30(22-50-46)13-12-27-8-10-28(11-9-27)23-54-17-19-63-31(24-54)25-62-18-16-29-6-5-7-37-42(29)53(2)47(60)55(37)38-14-15-40(56)52-44(38)58/h5-7,20-22,27-28,31-32,36,38,41H,4,8-11,14-19,23-26H2,1-3H3,(H2,49,57)(H,51,59)(H,52,56,58)/t27?,28?,31-,32+,36-,38?,41+/m1/s1. The van der Waals surface area contributed by atoms with E-state index in [1.807, 2.05) is 25.1 Å². The second-order valence-electron chi connectivity index (χ2n) is 17.4. The van der Waals surface area contributed by atoms with Gasteiger partial charge in [-0.2, -0.15) is 0 Å². The second kappa shape index (κ2) is 19.5. The topological polar surface area (TPSA) is 198 Å². The number of methoxy groups -OCH3 is 1. The van der Waals surface area contributed by atoms with Crippen LogP contribution in [0.3, 0.4) is 0 Å². The van der Waals surface area contributed by atoms with Crippen molar-refractivity contribution in [3.05, 3.63) is 63.7 Å². The number of aromatic nitrogens is 3. The zero-order chi connectivity index (χ0) is 45.1. The number of carbonyl (C=O) groups is 4. The second-order valence-corrected chi connectivity index (χ2v) is 17.4. The molecule has 4 fully saturated rings. The minimum absolute atomic E-state index is 0.0241. The molecule has 1 unspecified atom stereocenters. The van der Waals surface area contributed by atoms with Crippen molar-refractivity contribution >= 4 is 45.4 Å². The van der Waals surface area contributed by atoms with Crippen LogP contribution in [0.2, 0.25) is 0 Å². The molecule has 0 radical (unpaired) electrons. The summed E-state index contributed by atoms with van der Waals surface area (Å²) in [5, 5.41) is 6.23. The van der Waals surface area contributed by atoms with Crippen molar-refractivity contribution in [3.63, 3.8) is 0 Å². The van der Waals surface area contributed by atoms with Gasteiger partial charge in [0.05, 0.1) is 61.2 Å². The average molecular weight is 882 g/mol. The molecule has 17 heteroatoms. The van der Waals surface area contributed by atoms with Gasteiger partial charge in [0.1, 0.15) is 18.4 Å². The molecule has 8 rings (SSSR count). The Morgan fingerprint density at radius 2 is 1.88 bits per heavy atom. The number of fused-ring (bicyclic) bond motifs is 2. The fraction of sp³-hybridized carbons (Fsp3) is 0.532. The number of amides is 4. The molecule has 64 heavy (non-hydrogen) atoms. The monoisotopic (exact) mass is 881 g/mol. The molecular formula is C47H56FN7O9. The molecule has 4 aromatic rings. The Balaban J connectivity index is 0.839. The molecular weight excluding hydrogens is 826 g/mol. The van der Waals surface area contributed by atoms with E-state index in [0.29, 0.717) is 60.4 Å². The zero-order valence-electron chi connectivity index (χ0n) is 36.5. The van der Waals surface area contributed by atoms with Crippen molar-refractivity contribution in [2.75, 3.05) is 53.2 Å². The summed E-state index contributed by atoms with van der Waals surface area (Å²) in [6.07, 6.45) is 5.49. The Bertz CT molecular complexity index is 2560. The number of hydrogen-bond donors (Lipinski definition) is 3. The first-order valence-corrected chi connectivity index (χ1v) is 22.3. The van der Waals surface area contributed by atoms with Gasteiger partial charge < -0.3 is 30.0 Å². The Hall–Kier alpha value is -5.83. The van der Waals surface area contributed by atoms with E-state index in [4.69, 9.17) is 24.7 Å². The summed E-state index contributed by atoms with van der Waals surface area (Å²) in [6, 6.07) is 7.74. The third kappa shape index (κ3) is 9.36. The van der Waals surface area contributed by atoms with Crippen molar-refractivity contribution in [2.45, 2.75) is 82.6 Å². The van der Waals surface area contributed by atoms with Crippen LogP contribution in [0.5, 0.6) is 11.6 Å². The van der Waals surface area contributed by atoms with Crippen molar-refractivity contribution in [3.8, 4) is 23.5 Å². The summed E-state index contributed by atoms with van der Waals surface area (Å²) in [7, 11) is 3.15. The lowest BCUT2D eigenvalue weighted by Crippen LogP contribution is -2.46. The Kier molecular flexibility index (Phi) is 13.6. The molecule has 340 valence electrons. The molecule has 16 nitrogen and oxygen atoms in total. The predicted molar refractivity (Wildman–Crippen MR) is 235 cm³/mol. The first-order valence-electron chi connectivity index (χ1n) is 22.3. The van der Waals surface area contributed by atoms with Crippen LogP contribution < -0.4 is 31.5 Å². The van der Waals surface area contributed by atoms with E-state index in [1.165, 1.54) is 11.7 Å². The van der Waals surface area contributed by atoms with Gasteiger partial charge in [-0.05, 0) is 74.6 Å². The van der Waals surface area contributed by atoms with Crippen molar-refractivity contribution in [1.29, 1.82) is 0 Å². The molecule has 2 aromatic carbocycles. The molecule has 5 heterocycles. The summed E-state index contributed by atoms with van der Waals surface area (Å²) in [5.41, 5.74) is 8.61. The lowest BCUT2D eigenvalue weighted by molar-refractivity contribution is -0.135. The number of primary amides is 1. The van der Waals surface area contributed by atoms with Gasteiger partial charge in [-0.1, -0.05) is 30.9 Å². The molecule has 0 spiro atoms. The number of para-hydroxylation sites is 1. The number of imidazole rings is 1. The molecule has 3 aliphatic heterocycles. The lowest BCUT2D eigenvalue weighted by atomic mass is 9.82. The number of carbonyl (C=O) groups excluding carboxylic acids is 4. The van der Waals surface area contributed by atoms with Gasteiger partial charge in [-0.25, -0.2) is 14.2 Å². The van der Waals surface area contributed by atoms with E-state index < -0.39 is 41.9 Å². The normalized spacial score (nSPS) is 25.2. The maximum atomic E-state index is 14.5. The summed E-state index contributed by atoms with van der Waals surface area (Å²) in [4.78, 5) is 69.2. The molecule has 0 bridgehead atoms. The van der Waals surface area contributed by atoms with Gasteiger partial charge in [0.15, 0.2) is 6.17 Å². The van der Waals surface area contributed by atoms with Crippen LogP contribution in [0.15, 0.2) is 41.3 Å². The maximum absolute atomic E-state index is 14.5. The highest BCUT2D eigenvalue weighted by atomic mass is 19.1. The van der Waals surface area contributed by atoms with E-state index in [1.54, 1.807) is 29.9 Å². The lowest BCUT2D eigenvalue weighted by Gasteiger charge is -2.36. The quantitative estimate of drug-likeness (QED) is 0.0955. The molecule has 2 aromatic heterocycles. The minimum atomic E-state index is -1.59. The highest BCUT2D eigenvalue weighted by molar-refractivity contribution is 6.03. The van der Waals surface area contributed by atoms with Crippen molar-refractivity contribution < 1.29 is 42.5 Å². The molecule has 4 aliphatic rings. The number of hydrogen-bond acceptors (Lipinski definition) is 11. The molecule has 1 aliphatic carbocycles. The number of piperidine rings is 1. The highest BCUT2D eigenvalue weighted by Crippen LogP contribution is 2.35. The van der Waals surface area contributed by atoms with Gasteiger partial charge in [0.25, 0.3) is 11.8 Å². The highest BCUT2D eigenvalue weighted by Gasteiger charge is 2.42. The van der Waals surface area contributed by atoms with Crippen LogP contribution in [-0.4, -0.2) is 114 Å². The fourth-order valence-corrected chi connectivity index (χ4v) is 9.84. The Morgan fingerprint density at radius 1 is 1.06 bits per heavy atom. The summed E-state index contributed by atoms with van der Waals surface area (Å²) < 4.78 is 41.3. The smallest absolute Gasteiger partial charge is 0.329 e. The Morgan fingerprint density at radius 3 is 2.62 bits per heavy atom. The number of rotatable bonds is 14. The number of halogens is 1. The van der Waals surface area contributed by atoms with E-state index >= 15 is 0 Å². The van der Waals surface area contributed by atoms with Gasteiger partial charge in [0.2, 0.25) is 17.7 Å². The van der Waals surface area contributed by atoms with Crippen LogP contribution in [0.1, 0.15) is 79.4 Å². The van der Waals surface area contributed by atoms with Gasteiger partial charge in [0, 0.05) is 61.9 Å². The number of pyridine rings is 1. The zero-order valence-corrected chi connectivity index (χ0v) is 36.5. The number of nitrogens with two attached hydrogens (primary N) is 1. The third-order valence-corrected chi connectivity index (χ3v) is 13.3. The maximum Gasteiger partial charge on any atom is 0.329 e. The number of nitrogens with zero attached hydrogens (tertiary/aromatic N) is 4. The predicted octanol–water partition coefficient (Wildman–Crippen LogP) is 3.33. The van der Waals surface area contributed by atoms with Gasteiger partial charge >= 0.3 is 5.69 Å². The average Bonchev–Trinajstić information content (AvgIpc) is 3.72. The van der Waals surface area contributed by atoms with Gasteiger partial charge in [-0.15, -0.1) is 0 Å². The SMILES string of the molecule is CC[C@@H]1[C@H](F)C(=O)N[C@@H]1COc1ncc(C#CC2CCC(CN3CCO[C@@H](COCCc4cccc5c4n(C)c(=O)n5C4CCC(=O)NC4=O)C3)CC2)c2cc(C(N)=O)c(OC)cc12. The number of nitrogens with one attached hydrogen (secondary N) is 2. The summed E-state index contributed by atoms with van der Waals surface area (Å²) in [5.74, 6) is 5.47. The van der Waals surface area contributed by atoms with E-state index in [9.17, 15) is 28.4 Å². The van der Waals surface area contributed by atoms with E-state index in [0.717, 1.165) is 56.4 Å². The van der Waals surface area contributed by atoms with Crippen LogP contribution >= 0.6 is 0 Å². The van der Waals surface area contributed by atoms with Crippen LogP contribution in [-0.2, 0) is 37.3 Å². The van der Waals surface area contributed by atoms with E-state index in [2.05, 4.69) is 32.4 Å². The molecule has 1 saturated carbocycles. The number of benzene rings is 2. The molecule has 5 atom stereocenters. The first-order chi connectivity index (χ1) is 30.9.